The van der Waals surface area contributed by atoms with Gasteiger partial charge in [-0.25, -0.2) is 9.66 Å². The molecule has 0 atom stereocenters. The quantitative estimate of drug-likeness (QED) is 0.595. The number of hydrogen-bond donors (Lipinski definition) is 2. The van der Waals surface area contributed by atoms with E-state index in [2.05, 4.69) is 22.3 Å². The Hall–Kier alpha value is -3.08. The first-order valence-corrected chi connectivity index (χ1v) is 7.46. The number of aromatic nitrogens is 3. The van der Waals surface area contributed by atoms with Crippen LogP contribution in [0.1, 0.15) is 21.6 Å². The van der Waals surface area contributed by atoms with Gasteiger partial charge in [0.05, 0.1) is 11.0 Å². The molecule has 2 aromatic heterocycles. The molecule has 0 bridgehead atoms. The second-order valence-corrected chi connectivity index (χ2v) is 5.68. The van der Waals surface area contributed by atoms with Crippen LogP contribution in [0.4, 0.5) is 0 Å². The summed E-state index contributed by atoms with van der Waals surface area (Å²) in [5.41, 5.74) is 8.56. The standard InChI is InChI=1S/C18H16N4O/c1-11-12(2)20-15-8-7-13(9-14(11)15)18(23)21-22-10-19-16-5-3-4-6-17(16)22/h3-10,20H,1-2H3,(H,21,23). The first-order chi connectivity index (χ1) is 11.1. The molecule has 0 aliphatic rings. The maximum Gasteiger partial charge on any atom is 0.270 e. The summed E-state index contributed by atoms with van der Waals surface area (Å²) in [6.45, 7) is 4.09. The average molecular weight is 304 g/mol. The monoisotopic (exact) mass is 304 g/mol. The highest BCUT2D eigenvalue weighted by atomic mass is 16.2. The smallest absolute Gasteiger partial charge is 0.270 e. The lowest BCUT2D eigenvalue weighted by molar-refractivity contribution is 0.101. The Morgan fingerprint density at radius 2 is 2.00 bits per heavy atom. The summed E-state index contributed by atoms with van der Waals surface area (Å²) in [4.78, 5) is 20.1. The van der Waals surface area contributed by atoms with Crippen LogP contribution in [0.3, 0.4) is 0 Å². The Bertz CT molecular complexity index is 1040. The number of carbonyl (C=O) groups is 1. The molecule has 5 heteroatoms. The predicted molar refractivity (Wildman–Crippen MR) is 91.2 cm³/mol. The highest BCUT2D eigenvalue weighted by Crippen LogP contribution is 2.22. The third kappa shape index (κ3) is 2.17. The lowest BCUT2D eigenvalue weighted by Crippen LogP contribution is -2.21. The second kappa shape index (κ2) is 4.98. The topological polar surface area (TPSA) is 62.7 Å². The fraction of sp³-hybridized carbons (Fsp3) is 0.111. The van der Waals surface area contributed by atoms with E-state index in [9.17, 15) is 4.79 Å². The van der Waals surface area contributed by atoms with Crippen molar-refractivity contribution in [3.63, 3.8) is 0 Å². The normalized spacial score (nSPS) is 11.2. The zero-order valence-corrected chi connectivity index (χ0v) is 12.9. The van der Waals surface area contributed by atoms with Crippen molar-refractivity contribution in [2.75, 3.05) is 5.43 Å². The number of para-hydroxylation sites is 2. The van der Waals surface area contributed by atoms with Crippen LogP contribution in [-0.4, -0.2) is 20.6 Å². The SMILES string of the molecule is Cc1[nH]c2ccc(C(=O)Nn3cnc4ccccc43)cc2c1C. The van der Waals surface area contributed by atoms with Gasteiger partial charge < -0.3 is 4.98 Å². The maximum absolute atomic E-state index is 12.5. The molecule has 23 heavy (non-hydrogen) atoms. The van der Waals surface area contributed by atoms with E-state index in [0.717, 1.165) is 27.6 Å². The predicted octanol–water partition coefficient (Wildman–Crippen LogP) is 3.52. The van der Waals surface area contributed by atoms with Crippen LogP contribution in [0, 0.1) is 13.8 Å². The van der Waals surface area contributed by atoms with Crippen molar-refractivity contribution < 1.29 is 4.79 Å². The van der Waals surface area contributed by atoms with Gasteiger partial charge in [-0.2, -0.15) is 0 Å². The number of H-pyrrole nitrogens is 1. The molecule has 1 amide bonds. The summed E-state index contributed by atoms with van der Waals surface area (Å²) >= 11 is 0. The van der Waals surface area contributed by atoms with Crippen molar-refractivity contribution in [2.45, 2.75) is 13.8 Å². The molecule has 0 saturated heterocycles. The molecule has 2 aromatic carbocycles. The number of aryl methyl sites for hydroxylation is 2. The van der Waals surface area contributed by atoms with Crippen LogP contribution in [-0.2, 0) is 0 Å². The number of benzene rings is 2. The largest absolute Gasteiger partial charge is 0.358 e. The second-order valence-electron chi connectivity index (χ2n) is 5.68. The zero-order chi connectivity index (χ0) is 16.0. The molecule has 0 spiro atoms. The molecule has 114 valence electrons. The van der Waals surface area contributed by atoms with Gasteiger partial charge in [-0.05, 0) is 49.7 Å². The molecule has 2 N–H and O–H groups in total. The number of imidazole rings is 1. The molecule has 5 nitrogen and oxygen atoms in total. The fourth-order valence-electron chi connectivity index (χ4n) is 2.82. The van der Waals surface area contributed by atoms with Crippen LogP contribution in [0.5, 0.6) is 0 Å². The van der Waals surface area contributed by atoms with Gasteiger partial charge in [-0.15, -0.1) is 0 Å². The Morgan fingerprint density at radius 3 is 2.87 bits per heavy atom. The van der Waals surface area contributed by atoms with Gasteiger partial charge in [-0.1, -0.05) is 12.1 Å². The van der Waals surface area contributed by atoms with E-state index in [4.69, 9.17) is 0 Å². The van der Waals surface area contributed by atoms with Crippen LogP contribution >= 0.6 is 0 Å². The first kappa shape index (κ1) is 13.6. The van der Waals surface area contributed by atoms with Crippen LogP contribution in [0.15, 0.2) is 48.8 Å². The number of rotatable bonds is 2. The van der Waals surface area contributed by atoms with Crippen LogP contribution < -0.4 is 5.43 Å². The van der Waals surface area contributed by atoms with Crippen molar-refractivity contribution in [1.82, 2.24) is 14.6 Å². The van der Waals surface area contributed by atoms with Crippen LogP contribution in [0.2, 0.25) is 0 Å². The molecule has 4 rings (SSSR count). The van der Waals surface area contributed by atoms with Crippen molar-refractivity contribution in [2.24, 2.45) is 0 Å². The molecule has 4 aromatic rings. The summed E-state index contributed by atoms with van der Waals surface area (Å²) < 4.78 is 1.65. The Kier molecular flexibility index (Phi) is 2.94. The number of fused-ring (bicyclic) bond motifs is 2. The average Bonchev–Trinajstić information content (AvgIpc) is 3.09. The Labute approximate surface area is 132 Å². The highest BCUT2D eigenvalue weighted by molar-refractivity contribution is 6.03. The highest BCUT2D eigenvalue weighted by Gasteiger charge is 2.11. The minimum atomic E-state index is -0.159. The molecular weight excluding hydrogens is 288 g/mol. The summed E-state index contributed by atoms with van der Waals surface area (Å²) in [5, 5.41) is 1.07. The van der Waals surface area contributed by atoms with Crippen LogP contribution in [0.25, 0.3) is 21.9 Å². The Morgan fingerprint density at radius 1 is 1.17 bits per heavy atom. The van der Waals surface area contributed by atoms with Gasteiger partial charge in [0, 0.05) is 22.2 Å². The maximum atomic E-state index is 12.5. The lowest BCUT2D eigenvalue weighted by Gasteiger charge is -2.07. The number of nitrogens with one attached hydrogen (secondary N) is 2. The number of carbonyl (C=O) groups excluding carboxylic acids is 1. The molecule has 0 fully saturated rings. The summed E-state index contributed by atoms with van der Waals surface area (Å²) in [6, 6.07) is 13.4. The van der Waals surface area contributed by atoms with Crippen molar-refractivity contribution in [3.8, 4) is 0 Å². The first-order valence-electron chi connectivity index (χ1n) is 7.46. The van der Waals surface area contributed by atoms with E-state index >= 15 is 0 Å². The molecular formula is C18H16N4O. The summed E-state index contributed by atoms with van der Waals surface area (Å²) in [7, 11) is 0. The zero-order valence-electron chi connectivity index (χ0n) is 12.9. The minimum Gasteiger partial charge on any atom is -0.358 e. The summed E-state index contributed by atoms with van der Waals surface area (Å²) in [5.74, 6) is -0.159. The lowest BCUT2D eigenvalue weighted by atomic mass is 10.1. The number of amides is 1. The van der Waals surface area contributed by atoms with E-state index < -0.39 is 0 Å². The van der Waals surface area contributed by atoms with Crippen molar-refractivity contribution >= 4 is 27.8 Å². The number of aromatic amines is 1. The number of nitrogens with zero attached hydrogens (tertiary/aromatic N) is 2. The molecule has 0 unspecified atom stereocenters. The van der Waals surface area contributed by atoms with Gasteiger partial charge in [0.2, 0.25) is 0 Å². The van der Waals surface area contributed by atoms with E-state index in [-0.39, 0.29) is 5.91 Å². The van der Waals surface area contributed by atoms with Gasteiger partial charge in [-0.3, -0.25) is 10.2 Å². The number of hydrogen-bond acceptors (Lipinski definition) is 2. The molecule has 2 heterocycles. The molecule has 0 aliphatic carbocycles. The van der Waals surface area contributed by atoms with Gasteiger partial charge >= 0.3 is 0 Å². The van der Waals surface area contributed by atoms with Crippen molar-refractivity contribution in [1.29, 1.82) is 0 Å². The van der Waals surface area contributed by atoms with E-state index in [1.807, 2.05) is 49.4 Å². The minimum absolute atomic E-state index is 0.159. The summed E-state index contributed by atoms with van der Waals surface area (Å²) in [6.07, 6.45) is 1.62. The third-order valence-electron chi connectivity index (χ3n) is 4.25. The van der Waals surface area contributed by atoms with Gasteiger partial charge in [0.25, 0.3) is 5.91 Å². The molecule has 0 radical (unpaired) electrons. The van der Waals surface area contributed by atoms with Gasteiger partial charge in [0.15, 0.2) is 0 Å². The molecule has 0 aliphatic heterocycles. The molecule has 0 saturated carbocycles. The third-order valence-corrected chi connectivity index (χ3v) is 4.25. The van der Waals surface area contributed by atoms with Gasteiger partial charge in [0.1, 0.15) is 6.33 Å². The van der Waals surface area contributed by atoms with E-state index in [1.54, 1.807) is 11.0 Å². The van der Waals surface area contributed by atoms with E-state index in [1.165, 1.54) is 5.56 Å². The van der Waals surface area contributed by atoms with Crippen molar-refractivity contribution in [3.05, 3.63) is 65.6 Å². The fourth-order valence-corrected chi connectivity index (χ4v) is 2.82. The Balaban J connectivity index is 1.70. The van der Waals surface area contributed by atoms with E-state index in [0.29, 0.717) is 5.56 Å².